The van der Waals surface area contributed by atoms with Gasteiger partial charge in [-0.05, 0) is 66.9 Å². The zero-order valence-corrected chi connectivity index (χ0v) is 19.2. The predicted octanol–water partition coefficient (Wildman–Crippen LogP) is 5.07. The Morgan fingerprint density at radius 3 is 2.42 bits per heavy atom. The van der Waals surface area contributed by atoms with Gasteiger partial charge in [0.25, 0.3) is 5.91 Å². The standard InChI is InChI=1S/C26H27N3O3S/c30-26(28-24-12-7-9-21(19-24)14-15-23-11-3-4-16-27-23)22-10-8-13-25(20-22)33(31,32)29-17-5-1-2-6-18-29/h3-4,7-16,19-20H,1-2,5-6,17-18H2,(H,28,30)/b15-14+. The van der Waals surface area contributed by atoms with Crippen LogP contribution in [0.1, 0.15) is 47.3 Å². The number of sulfonamides is 1. The Kier molecular flexibility index (Phi) is 7.32. The molecule has 1 fully saturated rings. The van der Waals surface area contributed by atoms with Gasteiger partial charge in [0.15, 0.2) is 0 Å². The van der Waals surface area contributed by atoms with Crippen molar-refractivity contribution in [1.82, 2.24) is 9.29 Å². The quantitative estimate of drug-likeness (QED) is 0.556. The number of hydrogen-bond acceptors (Lipinski definition) is 4. The summed E-state index contributed by atoms with van der Waals surface area (Å²) in [5, 5.41) is 2.87. The van der Waals surface area contributed by atoms with Gasteiger partial charge in [-0.1, -0.05) is 43.2 Å². The van der Waals surface area contributed by atoms with Crippen LogP contribution in [0.3, 0.4) is 0 Å². The smallest absolute Gasteiger partial charge is 0.255 e. The van der Waals surface area contributed by atoms with Crippen molar-refractivity contribution in [2.45, 2.75) is 30.6 Å². The Hall–Kier alpha value is -3.29. The van der Waals surface area contributed by atoms with Crippen molar-refractivity contribution in [3.05, 3.63) is 89.7 Å². The van der Waals surface area contributed by atoms with E-state index in [1.807, 2.05) is 48.6 Å². The molecule has 3 aromatic rings. The Morgan fingerprint density at radius 2 is 1.67 bits per heavy atom. The van der Waals surface area contributed by atoms with Crippen LogP contribution < -0.4 is 5.32 Å². The molecule has 0 atom stereocenters. The number of pyridine rings is 1. The molecular weight excluding hydrogens is 434 g/mol. The minimum absolute atomic E-state index is 0.157. The fraction of sp³-hybridized carbons (Fsp3) is 0.231. The number of benzene rings is 2. The summed E-state index contributed by atoms with van der Waals surface area (Å²) < 4.78 is 27.7. The number of aromatic nitrogens is 1. The van der Waals surface area contributed by atoms with Gasteiger partial charge in [0.1, 0.15) is 0 Å². The maximum absolute atomic E-state index is 13.1. The van der Waals surface area contributed by atoms with Crippen LogP contribution in [0.25, 0.3) is 12.2 Å². The van der Waals surface area contributed by atoms with E-state index in [4.69, 9.17) is 0 Å². The number of nitrogens with one attached hydrogen (secondary N) is 1. The molecule has 7 heteroatoms. The van der Waals surface area contributed by atoms with Gasteiger partial charge in [-0.3, -0.25) is 9.78 Å². The van der Waals surface area contributed by atoms with Crippen LogP contribution in [0, 0.1) is 0 Å². The summed E-state index contributed by atoms with van der Waals surface area (Å²) in [6.45, 7) is 1.05. The molecule has 1 aromatic heterocycles. The lowest BCUT2D eigenvalue weighted by Crippen LogP contribution is -2.32. The molecule has 6 nitrogen and oxygen atoms in total. The highest BCUT2D eigenvalue weighted by atomic mass is 32.2. The fourth-order valence-electron chi connectivity index (χ4n) is 3.81. The van der Waals surface area contributed by atoms with Crippen LogP contribution in [0.4, 0.5) is 5.69 Å². The number of carbonyl (C=O) groups is 1. The van der Waals surface area contributed by atoms with E-state index in [-0.39, 0.29) is 10.8 Å². The van der Waals surface area contributed by atoms with Crippen LogP contribution in [0.15, 0.2) is 77.8 Å². The van der Waals surface area contributed by atoms with Crippen LogP contribution in [-0.2, 0) is 10.0 Å². The van der Waals surface area contributed by atoms with E-state index in [2.05, 4.69) is 10.3 Å². The van der Waals surface area contributed by atoms with Crippen molar-refractivity contribution < 1.29 is 13.2 Å². The SMILES string of the molecule is O=C(Nc1cccc(/C=C/c2ccccn2)c1)c1cccc(S(=O)(=O)N2CCCCCC2)c1. The summed E-state index contributed by atoms with van der Waals surface area (Å²) >= 11 is 0. The molecule has 0 bridgehead atoms. The summed E-state index contributed by atoms with van der Waals surface area (Å²) in [4.78, 5) is 17.3. The van der Waals surface area contributed by atoms with E-state index in [0.717, 1.165) is 36.9 Å². The van der Waals surface area contributed by atoms with Crippen molar-refractivity contribution in [3.8, 4) is 0 Å². The first-order valence-electron chi connectivity index (χ1n) is 11.1. The van der Waals surface area contributed by atoms with Gasteiger partial charge in [0.2, 0.25) is 10.0 Å². The number of carbonyl (C=O) groups excluding carboxylic acids is 1. The normalized spacial score (nSPS) is 15.3. The fourth-order valence-corrected chi connectivity index (χ4v) is 5.37. The van der Waals surface area contributed by atoms with Gasteiger partial charge in [0.05, 0.1) is 10.6 Å². The molecule has 33 heavy (non-hydrogen) atoms. The Bertz CT molecular complexity index is 1230. The number of hydrogen-bond donors (Lipinski definition) is 1. The van der Waals surface area contributed by atoms with E-state index in [1.54, 1.807) is 30.5 Å². The topological polar surface area (TPSA) is 79.4 Å². The van der Waals surface area contributed by atoms with E-state index < -0.39 is 10.0 Å². The van der Waals surface area contributed by atoms with Crippen LogP contribution in [0.2, 0.25) is 0 Å². The first-order valence-corrected chi connectivity index (χ1v) is 12.6. The highest BCUT2D eigenvalue weighted by Crippen LogP contribution is 2.22. The van der Waals surface area contributed by atoms with Gasteiger partial charge >= 0.3 is 0 Å². The first-order chi connectivity index (χ1) is 16.0. The number of rotatable bonds is 6. The van der Waals surface area contributed by atoms with Gasteiger partial charge in [0, 0.05) is 30.5 Å². The summed E-state index contributed by atoms with van der Waals surface area (Å²) in [6, 6.07) is 19.4. The minimum atomic E-state index is -3.62. The van der Waals surface area contributed by atoms with Crippen LogP contribution in [-0.4, -0.2) is 36.7 Å². The van der Waals surface area contributed by atoms with Crippen molar-refractivity contribution in [2.24, 2.45) is 0 Å². The molecule has 1 aliphatic heterocycles. The minimum Gasteiger partial charge on any atom is -0.322 e. The second kappa shape index (κ2) is 10.6. The average Bonchev–Trinajstić information content (AvgIpc) is 3.14. The monoisotopic (exact) mass is 461 g/mol. The zero-order valence-electron chi connectivity index (χ0n) is 18.4. The molecule has 1 aliphatic rings. The molecule has 0 unspecified atom stereocenters. The van der Waals surface area contributed by atoms with E-state index in [1.165, 1.54) is 10.4 Å². The molecule has 0 spiro atoms. The average molecular weight is 462 g/mol. The van der Waals surface area contributed by atoms with Crippen molar-refractivity contribution in [2.75, 3.05) is 18.4 Å². The molecule has 2 heterocycles. The molecule has 0 saturated carbocycles. The zero-order chi connectivity index (χ0) is 23.1. The molecule has 1 amide bonds. The van der Waals surface area contributed by atoms with Gasteiger partial charge in [-0.2, -0.15) is 4.31 Å². The number of nitrogens with zero attached hydrogens (tertiary/aromatic N) is 2. The van der Waals surface area contributed by atoms with E-state index in [9.17, 15) is 13.2 Å². The van der Waals surface area contributed by atoms with Crippen molar-refractivity contribution >= 4 is 33.8 Å². The van der Waals surface area contributed by atoms with Crippen molar-refractivity contribution in [3.63, 3.8) is 0 Å². The lowest BCUT2D eigenvalue weighted by molar-refractivity contribution is 0.102. The molecule has 0 radical (unpaired) electrons. The van der Waals surface area contributed by atoms with Crippen molar-refractivity contribution in [1.29, 1.82) is 0 Å². The summed E-state index contributed by atoms with van der Waals surface area (Å²) in [6.07, 6.45) is 9.38. The molecule has 1 N–H and O–H groups in total. The maximum atomic E-state index is 13.1. The summed E-state index contributed by atoms with van der Waals surface area (Å²) in [7, 11) is -3.62. The second-order valence-electron chi connectivity index (χ2n) is 8.01. The Balaban J connectivity index is 1.48. The molecule has 1 saturated heterocycles. The lowest BCUT2D eigenvalue weighted by Gasteiger charge is -2.20. The summed E-state index contributed by atoms with van der Waals surface area (Å²) in [5.41, 5.74) is 2.69. The molecular formula is C26H27N3O3S. The largest absolute Gasteiger partial charge is 0.322 e. The second-order valence-corrected chi connectivity index (χ2v) is 9.95. The van der Waals surface area contributed by atoms with E-state index >= 15 is 0 Å². The highest BCUT2D eigenvalue weighted by Gasteiger charge is 2.25. The highest BCUT2D eigenvalue weighted by molar-refractivity contribution is 7.89. The maximum Gasteiger partial charge on any atom is 0.255 e. The molecule has 4 rings (SSSR count). The van der Waals surface area contributed by atoms with E-state index in [0.29, 0.717) is 24.3 Å². The summed E-state index contributed by atoms with van der Waals surface area (Å²) in [5.74, 6) is -0.353. The van der Waals surface area contributed by atoms with Crippen LogP contribution >= 0.6 is 0 Å². The molecule has 2 aromatic carbocycles. The third kappa shape index (κ3) is 5.94. The molecule has 0 aliphatic carbocycles. The van der Waals surface area contributed by atoms with Gasteiger partial charge in [-0.15, -0.1) is 0 Å². The third-order valence-corrected chi connectivity index (χ3v) is 7.47. The third-order valence-electron chi connectivity index (χ3n) is 5.58. The van der Waals surface area contributed by atoms with Gasteiger partial charge < -0.3 is 5.32 Å². The molecule has 170 valence electrons. The van der Waals surface area contributed by atoms with Gasteiger partial charge in [-0.25, -0.2) is 8.42 Å². The first kappa shape index (κ1) is 22.9. The van der Waals surface area contributed by atoms with Crippen LogP contribution in [0.5, 0.6) is 0 Å². The lowest BCUT2D eigenvalue weighted by atomic mass is 10.1. The number of anilines is 1. The number of amides is 1. The predicted molar refractivity (Wildman–Crippen MR) is 131 cm³/mol. The Labute approximate surface area is 195 Å². The Morgan fingerprint density at radius 1 is 0.879 bits per heavy atom.